The topological polar surface area (TPSA) is 98.7 Å². The van der Waals surface area contributed by atoms with Gasteiger partial charge in [0.2, 0.25) is 0 Å². The normalized spacial score (nSPS) is 11.9. The van der Waals surface area contributed by atoms with Gasteiger partial charge in [-0.25, -0.2) is 0 Å². The van der Waals surface area contributed by atoms with Crippen molar-refractivity contribution in [3.8, 4) is 0 Å². The molecule has 4 N–H and O–H groups in total. The fraction of sp³-hybridized carbons (Fsp3) is 0.750. The molecule has 0 saturated carbocycles. The molecule has 0 bridgehead atoms. The average molecular weight is 204 g/mol. The Morgan fingerprint density at radius 1 is 1.29 bits per heavy atom. The van der Waals surface area contributed by atoms with Crippen molar-refractivity contribution >= 4 is 11.8 Å². The van der Waals surface area contributed by atoms with Crippen molar-refractivity contribution in [2.24, 2.45) is 0 Å². The highest BCUT2D eigenvalue weighted by atomic mass is 16.3. The summed E-state index contributed by atoms with van der Waals surface area (Å²) in [7, 11) is 0. The summed E-state index contributed by atoms with van der Waals surface area (Å²) in [6.07, 6.45) is -0.265. The Bertz CT molecular complexity index is 194. The van der Waals surface area contributed by atoms with Crippen molar-refractivity contribution in [1.82, 2.24) is 10.6 Å². The zero-order valence-electron chi connectivity index (χ0n) is 8.12. The highest BCUT2D eigenvalue weighted by molar-refractivity contribution is 6.35. The summed E-state index contributed by atoms with van der Waals surface area (Å²) in [5.74, 6) is -1.53. The Labute approximate surface area is 82.3 Å². The lowest BCUT2D eigenvalue weighted by Gasteiger charge is -2.06. The molecule has 0 rings (SSSR count). The van der Waals surface area contributed by atoms with E-state index in [4.69, 9.17) is 10.2 Å². The lowest BCUT2D eigenvalue weighted by molar-refractivity contribution is -0.139. The molecular formula is C8H16N2O4. The molecule has 0 radical (unpaired) electrons. The summed E-state index contributed by atoms with van der Waals surface area (Å²) in [5, 5.41) is 21.8. The molecule has 0 aromatic heterocycles. The van der Waals surface area contributed by atoms with Crippen molar-refractivity contribution < 1.29 is 19.8 Å². The van der Waals surface area contributed by atoms with Crippen molar-refractivity contribution in [2.45, 2.75) is 19.4 Å². The third-order valence-electron chi connectivity index (χ3n) is 1.38. The minimum atomic E-state index is -0.774. The van der Waals surface area contributed by atoms with Crippen LogP contribution in [0.5, 0.6) is 0 Å². The monoisotopic (exact) mass is 204 g/mol. The summed E-state index contributed by atoms with van der Waals surface area (Å²) < 4.78 is 0. The lowest BCUT2D eigenvalue weighted by atomic mass is 10.4. The Morgan fingerprint density at radius 2 is 1.86 bits per heavy atom. The van der Waals surface area contributed by atoms with Gasteiger partial charge in [-0.05, 0) is 13.3 Å². The highest BCUT2D eigenvalue weighted by Crippen LogP contribution is 1.77. The van der Waals surface area contributed by atoms with Gasteiger partial charge in [0.05, 0.1) is 6.10 Å². The second kappa shape index (κ2) is 7.28. The minimum absolute atomic E-state index is 0.0322. The van der Waals surface area contributed by atoms with Gasteiger partial charge in [-0.2, -0.15) is 0 Å². The van der Waals surface area contributed by atoms with Gasteiger partial charge in [-0.1, -0.05) is 0 Å². The molecule has 14 heavy (non-hydrogen) atoms. The molecule has 0 aliphatic rings. The van der Waals surface area contributed by atoms with Gasteiger partial charge in [-0.3, -0.25) is 9.59 Å². The summed E-state index contributed by atoms with van der Waals surface area (Å²) in [6.45, 7) is 1.78. The summed E-state index contributed by atoms with van der Waals surface area (Å²) >= 11 is 0. The van der Waals surface area contributed by atoms with E-state index in [2.05, 4.69) is 10.6 Å². The predicted octanol–water partition coefficient (Wildman–Crippen LogP) is -2.02. The lowest BCUT2D eigenvalue weighted by Crippen LogP contribution is -2.42. The first-order valence-electron chi connectivity index (χ1n) is 4.43. The van der Waals surface area contributed by atoms with Crippen LogP contribution < -0.4 is 10.6 Å². The van der Waals surface area contributed by atoms with Gasteiger partial charge in [0.1, 0.15) is 0 Å². The van der Waals surface area contributed by atoms with Crippen LogP contribution in [0.3, 0.4) is 0 Å². The van der Waals surface area contributed by atoms with Gasteiger partial charge in [-0.15, -0.1) is 0 Å². The second-order valence-corrected chi connectivity index (χ2v) is 2.89. The molecular weight excluding hydrogens is 188 g/mol. The second-order valence-electron chi connectivity index (χ2n) is 2.89. The van der Waals surface area contributed by atoms with Gasteiger partial charge >= 0.3 is 11.8 Å². The molecule has 6 nitrogen and oxygen atoms in total. The van der Waals surface area contributed by atoms with E-state index in [0.29, 0.717) is 6.42 Å². The first kappa shape index (κ1) is 12.9. The Hall–Kier alpha value is -1.14. The number of aliphatic hydroxyl groups is 2. The van der Waals surface area contributed by atoms with Gasteiger partial charge in [0, 0.05) is 19.7 Å². The van der Waals surface area contributed by atoms with Gasteiger partial charge in [0.25, 0.3) is 0 Å². The zero-order valence-corrected chi connectivity index (χ0v) is 8.12. The van der Waals surface area contributed by atoms with Crippen LogP contribution in [0.1, 0.15) is 13.3 Å². The molecule has 2 amide bonds. The van der Waals surface area contributed by atoms with E-state index in [0.717, 1.165) is 0 Å². The van der Waals surface area contributed by atoms with E-state index in [9.17, 15) is 9.59 Å². The molecule has 0 saturated heterocycles. The molecule has 0 spiro atoms. The van der Waals surface area contributed by atoms with Crippen molar-refractivity contribution in [3.63, 3.8) is 0 Å². The number of amides is 2. The molecule has 0 aromatic rings. The maximum Gasteiger partial charge on any atom is 0.309 e. The smallest absolute Gasteiger partial charge is 0.309 e. The van der Waals surface area contributed by atoms with Crippen LogP contribution in [-0.2, 0) is 9.59 Å². The molecule has 0 aliphatic carbocycles. The van der Waals surface area contributed by atoms with Crippen LogP contribution in [0.2, 0.25) is 0 Å². The SMILES string of the molecule is CC(O)CNC(=O)C(=O)NCCCO. The number of carbonyl (C=O) groups excluding carboxylic acids is 2. The van der Waals surface area contributed by atoms with E-state index in [-0.39, 0.29) is 19.7 Å². The maximum absolute atomic E-state index is 10.9. The fourth-order valence-electron chi connectivity index (χ4n) is 0.682. The first-order chi connectivity index (χ1) is 6.57. The molecule has 0 heterocycles. The van der Waals surface area contributed by atoms with Crippen LogP contribution in [-0.4, -0.2) is 47.8 Å². The van der Waals surface area contributed by atoms with Gasteiger partial charge in [0.15, 0.2) is 0 Å². The van der Waals surface area contributed by atoms with Crippen LogP contribution in [0.4, 0.5) is 0 Å². The van der Waals surface area contributed by atoms with Crippen LogP contribution in [0.25, 0.3) is 0 Å². The summed E-state index contributed by atoms with van der Waals surface area (Å²) in [4.78, 5) is 21.9. The number of hydrogen-bond donors (Lipinski definition) is 4. The maximum atomic E-state index is 10.9. The Balaban J connectivity index is 3.60. The standard InChI is InChI=1S/C8H16N2O4/c1-6(12)5-10-8(14)7(13)9-3-2-4-11/h6,11-12H,2-5H2,1H3,(H,9,13)(H,10,14). The Kier molecular flexibility index (Phi) is 6.69. The number of nitrogens with one attached hydrogen (secondary N) is 2. The van der Waals surface area contributed by atoms with E-state index in [1.165, 1.54) is 6.92 Å². The summed E-state index contributed by atoms with van der Waals surface area (Å²) in [6, 6.07) is 0. The average Bonchev–Trinajstić information content (AvgIpc) is 2.14. The molecule has 0 aliphatic heterocycles. The highest BCUT2D eigenvalue weighted by Gasteiger charge is 2.12. The zero-order chi connectivity index (χ0) is 11.0. The van der Waals surface area contributed by atoms with Crippen molar-refractivity contribution in [2.75, 3.05) is 19.7 Å². The molecule has 82 valence electrons. The van der Waals surface area contributed by atoms with E-state index in [1.807, 2.05) is 0 Å². The molecule has 1 unspecified atom stereocenters. The van der Waals surface area contributed by atoms with Crippen LogP contribution in [0.15, 0.2) is 0 Å². The fourth-order valence-corrected chi connectivity index (χ4v) is 0.682. The quantitative estimate of drug-likeness (QED) is 0.307. The molecule has 0 fully saturated rings. The van der Waals surface area contributed by atoms with E-state index in [1.54, 1.807) is 0 Å². The minimum Gasteiger partial charge on any atom is -0.396 e. The largest absolute Gasteiger partial charge is 0.396 e. The third-order valence-corrected chi connectivity index (χ3v) is 1.38. The van der Waals surface area contributed by atoms with Gasteiger partial charge < -0.3 is 20.8 Å². The van der Waals surface area contributed by atoms with E-state index >= 15 is 0 Å². The van der Waals surface area contributed by atoms with Crippen LogP contribution in [0, 0.1) is 0 Å². The molecule has 6 heteroatoms. The number of hydrogen-bond acceptors (Lipinski definition) is 4. The number of carbonyl (C=O) groups is 2. The Morgan fingerprint density at radius 3 is 2.36 bits per heavy atom. The van der Waals surface area contributed by atoms with E-state index < -0.39 is 17.9 Å². The number of aliphatic hydroxyl groups excluding tert-OH is 2. The van der Waals surface area contributed by atoms with Crippen LogP contribution >= 0.6 is 0 Å². The molecule has 1 atom stereocenters. The predicted molar refractivity (Wildman–Crippen MR) is 49.4 cm³/mol. The summed E-state index contributed by atoms with van der Waals surface area (Å²) in [5.41, 5.74) is 0. The van der Waals surface area contributed by atoms with Crippen molar-refractivity contribution in [3.05, 3.63) is 0 Å². The van der Waals surface area contributed by atoms with Crippen molar-refractivity contribution in [1.29, 1.82) is 0 Å². The molecule has 0 aromatic carbocycles. The first-order valence-corrected chi connectivity index (χ1v) is 4.43. The third kappa shape index (κ3) is 6.38. The number of rotatable bonds is 5.